The Labute approximate surface area is 101 Å². The van der Waals surface area contributed by atoms with Crippen LogP contribution in [0.2, 0.25) is 0 Å². The Balaban J connectivity index is 2.63. The van der Waals surface area contributed by atoms with E-state index < -0.39 is 11.6 Å². The molecule has 0 fully saturated rings. The topological polar surface area (TPSA) is 21.3 Å². The number of nitrogens with one attached hydrogen (secondary N) is 1. The Hall–Kier alpha value is -1.16. The van der Waals surface area contributed by atoms with Crippen molar-refractivity contribution in [1.29, 1.82) is 0 Å². The van der Waals surface area contributed by atoms with E-state index in [0.717, 1.165) is 24.6 Å². The van der Waals surface area contributed by atoms with E-state index >= 15 is 0 Å². The van der Waals surface area contributed by atoms with Gasteiger partial charge in [0, 0.05) is 18.7 Å². The first-order chi connectivity index (χ1) is 8.02. The quantitative estimate of drug-likeness (QED) is 0.828. The van der Waals surface area contributed by atoms with Gasteiger partial charge in [0.25, 0.3) is 0 Å². The average molecular weight is 243 g/mol. The predicted octanol–water partition coefficient (Wildman–Crippen LogP) is 3.12. The monoisotopic (exact) mass is 243 g/mol. The molecule has 0 heterocycles. The van der Waals surface area contributed by atoms with Crippen molar-refractivity contribution >= 4 is 0 Å². The lowest BCUT2D eigenvalue weighted by Gasteiger charge is -2.20. The Morgan fingerprint density at radius 1 is 1.29 bits per heavy atom. The summed E-state index contributed by atoms with van der Waals surface area (Å²) in [4.78, 5) is 0. The van der Waals surface area contributed by atoms with E-state index in [1.807, 2.05) is 20.8 Å². The molecule has 0 aliphatic heterocycles. The Morgan fingerprint density at radius 2 is 2.00 bits per heavy atom. The van der Waals surface area contributed by atoms with Crippen molar-refractivity contribution in [2.24, 2.45) is 0 Å². The van der Waals surface area contributed by atoms with E-state index in [2.05, 4.69) is 5.32 Å². The fourth-order valence-corrected chi connectivity index (χ4v) is 1.38. The van der Waals surface area contributed by atoms with Gasteiger partial charge in [0.2, 0.25) is 0 Å². The van der Waals surface area contributed by atoms with Crippen LogP contribution in [0, 0.1) is 11.6 Å². The van der Waals surface area contributed by atoms with Crippen LogP contribution in [0.25, 0.3) is 0 Å². The van der Waals surface area contributed by atoms with Crippen molar-refractivity contribution in [3.63, 3.8) is 0 Å². The van der Waals surface area contributed by atoms with E-state index in [9.17, 15) is 8.78 Å². The summed E-state index contributed by atoms with van der Waals surface area (Å²) < 4.78 is 31.8. The number of rotatable bonds is 6. The molecule has 0 aromatic heterocycles. The van der Waals surface area contributed by atoms with Crippen molar-refractivity contribution in [1.82, 2.24) is 5.32 Å². The van der Waals surface area contributed by atoms with Crippen molar-refractivity contribution < 1.29 is 13.5 Å². The van der Waals surface area contributed by atoms with Crippen molar-refractivity contribution in [3.8, 4) is 5.75 Å². The standard InChI is InChI=1S/C13H19F2NO/c1-4-11(8-16-9(2)3)17-13-7-10(14)5-6-12(13)15/h5-7,9,11,16H,4,8H2,1-3H3. The molecule has 1 rings (SSSR count). The summed E-state index contributed by atoms with van der Waals surface area (Å²) in [7, 11) is 0. The van der Waals surface area contributed by atoms with Gasteiger partial charge in [-0.2, -0.15) is 0 Å². The smallest absolute Gasteiger partial charge is 0.165 e. The van der Waals surface area contributed by atoms with Crippen LogP contribution < -0.4 is 10.1 Å². The zero-order chi connectivity index (χ0) is 12.8. The second-order valence-corrected chi connectivity index (χ2v) is 4.29. The molecule has 1 aromatic carbocycles. The minimum atomic E-state index is -0.533. The molecular formula is C13H19F2NO. The SMILES string of the molecule is CCC(CNC(C)C)Oc1cc(F)ccc1F. The second kappa shape index (κ2) is 6.55. The van der Waals surface area contributed by atoms with Gasteiger partial charge in [0.15, 0.2) is 11.6 Å². The molecule has 96 valence electrons. The third kappa shape index (κ3) is 4.69. The number of ether oxygens (including phenoxy) is 1. The summed E-state index contributed by atoms with van der Waals surface area (Å²) in [6.45, 7) is 6.61. The zero-order valence-corrected chi connectivity index (χ0v) is 10.5. The number of hydrogen-bond acceptors (Lipinski definition) is 2. The van der Waals surface area contributed by atoms with Gasteiger partial charge in [-0.3, -0.25) is 0 Å². The van der Waals surface area contributed by atoms with Crippen molar-refractivity contribution in [2.75, 3.05) is 6.54 Å². The second-order valence-electron chi connectivity index (χ2n) is 4.29. The molecule has 0 bridgehead atoms. The van der Waals surface area contributed by atoms with Gasteiger partial charge in [-0.25, -0.2) is 8.78 Å². The fourth-order valence-electron chi connectivity index (χ4n) is 1.38. The maximum absolute atomic E-state index is 13.4. The maximum Gasteiger partial charge on any atom is 0.165 e. The van der Waals surface area contributed by atoms with Crippen LogP contribution in [-0.2, 0) is 0 Å². The molecule has 1 aromatic rings. The van der Waals surface area contributed by atoms with Gasteiger partial charge >= 0.3 is 0 Å². The molecule has 0 saturated carbocycles. The molecule has 2 nitrogen and oxygen atoms in total. The van der Waals surface area contributed by atoms with Crippen LogP contribution >= 0.6 is 0 Å². The molecule has 17 heavy (non-hydrogen) atoms. The lowest BCUT2D eigenvalue weighted by atomic mass is 10.2. The van der Waals surface area contributed by atoms with Crippen molar-refractivity contribution in [2.45, 2.75) is 39.3 Å². The summed E-state index contributed by atoms with van der Waals surface area (Å²) in [6, 6.07) is 3.57. The summed E-state index contributed by atoms with van der Waals surface area (Å²) >= 11 is 0. The van der Waals surface area contributed by atoms with Crippen LogP contribution in [0.5, 0.6) is 5.75 Å². The van der Waals surface area contributed by atoms with Gasteiger partial charge in [-0.1, -0.05) is 20.8 Å². The highest BCUT2D eigenvalue weighted by molar-refractivity contribution is 5.25. The molecular weight excluding hydrogens is 224 g/mol. The minimum absolute atomic E-state index is 0.0255. The van der Waals surface area contributed by atoms with E-state index in [4.69, 9.17) is 4.74 Å². The van der Waals surface area contributed by atoms with E-state index in [1.54, 1.807) is 0 Å². The molecule has 1 N–H and O–H groups in total. The highest BCUT2D eigenvalue weighted by Crippen LogP contribution is 2.19. The molecule has 0 saturated heterocycles. The van der Waals surface area contributed by atoms with Gasteiger partial charge in [-0.15, -0.1) is 0 Å². The van der Waals surface area contributed by atoms with Crippen molar-refractivity contribution in [3.05, 3.63) is 29.8 Å². The normalized spacial score (nSPS) is 12.8. The molecule has 0 amide bonds. The van der Waals surface area contributed by atoms with Gasteiger partial charge in [-0.05, 0) is 18.6 Å². The van der Waals surface area contributed by atoms with Crippen LogP contribution in [0.1, 0.15) is 27.2 Å². The third-order valence-electron chi connectivity index (χ3n) is 2.40. The first-order valence-electron chi connectivity index (χ1n) is 5.88. The molecule has 1 atom stereocenters. The summed E-state index contributed by atoms with van der Waals surface area (Å²) in [5.74, 6) is -1.05. The largest absolute Gasteiger partial charge is 0.486 e. The van der Waals surface area contributed by atoms with E-state index in [-0.39, 0.29) is 11.9 Å². The lowest BCUT2D eigenvalue weighted by molar-refractivity contribution is 0.181. The Kier molecular flexibility index (Phi) is 5.35. The van der Waals surface area contributed by atoms with Crippen LogP contribution in [0.3, 0.4) is 0 Å². The van der Waals surface area contributed by atoms with Gasteiger partial charge in [0.05, 0.1) is 0 Å². The molecule has 1 unspecified atom stereocenters. The van der Waals surface area contributed by atoms with Crippen LogP contribution in [0.4, 0.5) is 8.78 Å². The van der Waals surface area contributed by atoms with Crippen LogP contribution in [-0.4, -0.2) is 18.7 Å². The fraction of sp³-hybridized carbons (Fsp3) is 0.538. The Morgan fingerprint density at radius 3 is 2.59 bits per heavy atom. The van der Waals surface area contributed by atoms with E-state index in [1.165, 1.54) is 0 Å². The van der Waals surface area contributed by atoms with Gasteiger partial charge in [0.1, 0.15) is 11.9 Å². The summed E-state index contributed by atoms with van der Waals surface area (Å²) in [5, 5.41) is 3.21. The van der Waals surface area contributed by atoms with Gasteiger partial charge < -0.3 is 10.1 Å². The highest BCUT2D eigenvalue weighted by atomic mass is 19.1. The third-order valence-corrected chi connectivity index (χ3v) is 2.40. The maximum atomic E-state index is 13.4. The summed E-state index contributed by atoms with van der Waals surface area (Å²) in [6.07, 6.45) is 0.573. The lowest BCUT2D eigenvalue weighted by Crippen LogP contribution is -2.35. The average Bonchev–Trinajstić information content (AvgIpc) is 2.28. The number of hydrogen-bond donors (Lipinski definition) is 1. The predicted molar refractivity (Wildman–Crippen MR) is 64.2 cm³/mol. The highest BCUT2D eigenvalue weighted by Gasteiger charge is 2.12. The molecule has 0 aliphatic rings. The molecule has 0 radical (unpaired) electrons. The molecule has 4 heteroatoms. The molecule has 0 spiro atoms. The first kappa shape index (κ1) is 13.9. The first-order valence-corrected chi connectivity index (χ1v) is 5.88. The Bertz CT molecular complexity index is 355. The summed E-state index contributed by atoms with van der Waals surface area (Å²) in [5.41, 5.74) is 0. The van der Waals surface area contributed by atoms with Crippen LogP contribution in [0.15, 0.2) is 18.2 Å². The number of benzene rings is 1. The van der Waals surface area contributed by atoms with E-state index in [0.29, 0.717) is 12.6 Å². The zero-order valence-electron chi connectivity index (χ0n) is 10.5. The number of halogens is 2. The minimum Gasteiger partial charge on any atom is -0.486 e. The molecule has 0 aliphatic carbocycles.